The van der Waals surface area contributed by atoms with Gasteiger partial charge in [-0.2, -0.15) is 11.8 Å². The maximum atomic E-state index is 4.39. The Morgan fingerprint density at radius 3 is 2.68 bits per heavy atom. The van der Waals surface area contributed by atoms with Gasteiger partial charge in [0.1, 0.15) is 0 Å². The van der Waals surface area contributed by atoms with E-state index in [4.69, 9.17) is 0 Å². The van der Waals surface area contributed by atoms with Gasteiger partial charge in [0.15, 0.2) is 5.96 Å². The third-order valence-corrected chi connectivity index (χ3v) is 6.38. The molecule has 0 aliphatic carbocycles. The van der Waals surface area contributed by atoms with E-state index in [-0.39, 0.29) is 24.0 Å². The van der Waals surface area contributed by atoms with Gasteiger partial charge in [0, 0.05) is 38.0 Å². The number of benzene rings is 1. The average Bonchev–Trinajstić information content (AvgIpc) is 3.28. The summed E-state index contributed by atoms with van der Waals surface area (Å²) >= 11 is 2.09. The molecule has 1 aromatic rings. The van der Waals surface area contributed by atoms with E-state index in [1.54, 1.807) is 0 Å². The van der Waals surface area contributed by atoms with Crippen LogP contribution in [0.15, 0.2) is 35.3 Å². The van der Waals surface area contributed by atoms with E-state index >= 15 is 0 Å². The van der Waals surface area contributed by atoms with Crippen LogP contribution in [-0.2, 0) is 6.54 Å². The van der Waals surface area contributed by atoms with Gasteiger partial charge in [-0.15, -0.1) is 24.0 Å². The fourth-order valence-corrected chi connectivity index (χ4v) is 4.80. The Bertz CT molecular complexity index is 519. The molecule has 0 radical (unpaired) electrons. The van der Waals surface area contributed by atoms with Crippen LogP contribution < -0.4 is 10.6 Å². The summed E-state index contributed by atoms with van der Waals surface area (Å²) in [5, 5.41) is 7.79. The molecule has 25 heavy (non-hydrogen) atoms. The number of halogens is 1. The van der Waals surface area contributed by atoms with Gasteiger partial charge in [0.05, 0.1) is 0 Å². The molecule has 2 fully saturated rings. The summed E-state index contributed by atoms with van der Waals surface area (Å²) in [4.78, 5) is 6.99. The number of nitrogens with zero attached hydrogens (tertiary/aromatic N) is 2. The molecule has 0 bridgehead atoms. The summed E-state index contributed by atoms with van der Waals surface area (Å²) < 4.78 is 0. The molecule has 2 saturated heterocycles. The van der Waals surface area contributed by atoms with Crippen molar-refractivity contribution in [2.24, 2.45) is 4.99 Å². The second-order valence-electron chi connectivity index (χ2n) is 6.72. The summed E-state index contributed by atoms with van der Waals surface area (Å²) in [6, 6.07) is 11.4. The van der Waals surface area contributed by atoms with Gasteiger partial charge in [0.25, 0.3) is 0 Å². The van der Waals surface area contributed by atoms with E-state index in [1.165, 1.54) is 43.5 Å². The van der Waals surface area contributed by atoms with Gasteiger partial charge in [-0.05, 0) is 43.5 Å². The zero-order valence-electron chi connectivity index (χ0n) is 15.1. The molecule has 140 valence electrons. The lowest BCUT2D eigenvalue weighted by Gasteiger charge is -2.25. The van der Waals surface area contributed by atoms with Crippen LogP contribution in [0.1, 0.15) is 31.2 Å². The van der Waals surface area contributed by atoms with Crippen molar-refractivity contribution in [1.82, 2.24) is 15.5 Å². The highest BCUT2D eigenvalue weighted by atomic mass is 127. The van der Waals surface area contributed by atoms with Gasteiger partial charge >= 0.3 is 0 Å². The lowest BCUT2D eigenvalue weighted by atomic mass is 10.2. The lowest BCUT2D eigenvalue weighted by Crippen LogP contribution is -2.45. The maximum absolute atomic E-state index is 4.39. The Morgan fingerprint density at radius 2 is 1.96 bits per heavy atom. The Hall–Kier alpha value is -0.470. The van der Waals surface area contributed by atoms with Crippen LogP contribution in [0.3, 0.4) is 0 Å². The first-order valence-electron chi connectivity index (χ1n) is 9.19. The highest BCUT2D eigenvalue weighted by Crippen LogP contribution is 2.25. The fourth-order valence-electron chi connectivity index (χ4n) is 3.60. The van der Waals surface area contributed by atoms with Crippen LogP contribution in [0.4, 0.5) is 0 Å². The number of hydrogen-bond donors (Lipinski definition) is 2. The van der Waals surface area contributed by atoms with Crippen LogP contribution in [0.5, 0.6) is 0 Å². The van der Waals surface area contributed by atoms with Crippen molar-refractivity contribution in [3.05, 3.63) is 35.9 Å². The van der Waals surface area contributed by atoms with Gasteiger partial charge < -0.3 is 10.6 Å². The molecule has 2 N–H and O–H groups in total. The highest BCUT2D eigenvalue weighted by molar-refractivity contribution is 14.0. The van der Waals surface area contributed by atoms with Gasteiger partial charge in [-0.1, -0.05) is 30.3 Å². The van der Waals surface area contributed by atoms with E-state index in [2.05, 4.69) is 62.6 Å². The molecule has 2 aliphatic rings. The molecule has 0 spiro atoms. The van der Waals surface area contributed by atoms with E-state index < -0.39 is 0 Å². The third kappa shape index (κ3) is 6.64. The highest BCUT2D eigenvalue weighted by Gasteiger charge is 2.24. The van der Waals surface area contributed by atoms with E-state index in [1.807, 2.05) is 7.05 Å². The monoisotopic (exact) mass is 474 g/mol. The summed E-state index contributed by atoms with van der Waals surface area (Å²) in [6.07, 6.45) is 5.26. The second-order valence-corrected chi connectivity index (χ2v) is 8.13. The van der Waals surface area contributed by atoms with Gasteiger partial charge in [0.2, 0.25) is 0 Å². The number of nitrogens with one attached hydrogen (secondary N) is 2. The van der Waals surface area contributed by atoms with E-state index in [9.17, 15) is 0 Å². The number of hydrogen-bond acceptors (Lipinski definition) is 3. The number of likely N-dealkylation sites (tertiary alicyclic amines) is 1. The van der Waals surface area contributed by atoms with E-state index in [0.29, 0.717) is 6.04 Å². The third-order valence-electron chi connectivity index (χ3n) is 4.98. The number of rotatable bonds is 6. The Balaban J connectivity index is 0.00000225. The summed E-state index contributed by atoms with van der Waals surface area (Å²) in [5.74, 6) is 2.27. The number of aliphatic imine (C=N–C) groups is 1. The molecule has 0 amide bonds. The quantitative estimate of drug-likeness (QED) is 0.377. The van der Waals surface area contributed by atoms with Crippen LogP contribution in [0.25, 0.3) is 0 Å². The van der Waals surface area contributed by atoms with Crippen LogP contribution in [0.2, 0.25) is 0 Å². The first-order chi connectivity index (χ1) is 11.8. The SMILES string of the molecule is CN=C(NCC1CCCS1)NCC1CCCN1Cc1ccccc1.I. The molecule has 2 aliphatic heterocycles. The predicted octanol–water partition coefficient (Wildman–Crippen LogP) is 3.33. The normalized spacial score (nSPS) is 24.1. The minimum Gasteiger partial charge on any atom is -0.355 e. The molecule has 2 heterocycles. The molecule has 2 atom stereocenters. The molecule has 1 aromatic carbocycles. The molecule has 0 aromatic heterocycles. The van der Waals surface area contributed by atoms with Gasteiger partial charge in [-0.25, -0.2) is 0 Å². The zero-order chi connectivity index (χ0) is 16.6. The van der Waals surface area contributed by atoms with E-state index in [0.717, 1.165) is 30.8 Å². The average molecular weight is 474 g/mol. The largest absolute Gasteiger partial charge is 0.355 e. The van der Waals surface area contributed by atoms with Crippen molar-refractivity contribution in [3.63, 3.8) is 0 Å². The minimum atomic E-state index is 0. The van der Waals surface area contributed by atoms with Crippen molar-refractivity contribution < 1.29 is 0 Å². The first-order valence-corrected chi connectivity index (χ1v) is 10.2. The Labute approximate surface area is 173 Å². The molecule has 6 heteroatoms. The molecule has 4 nitrogen and oxygen atoms in total. The van der Waals surface area contributed by atoms with Crippen molar-refractivity contribution in [2.45, 2.75) is 43.5 Å². The summed E-state index contributed by atoms with van der Waals surface area (Å²) in [6.45, 7) is 4.26. The van der Waals surface area contributed by atoms with Gasteiger partial charge in [-0.3, -0.25) is 9.89 Å². The predicted molar refractivity (Wildman–Crippen MR) is 120 cm³/mol. The summed E-state index contributed by atoms with van der Waals surface area (Å²) in [5.41, 5.74) is 1.41. The van der Waals surface area contributed by atoms with Crippen LogP contribution in [0, 0.1) is 0 Å². The fraction of sp³-hybridized carbons (Fsp3) is 0.632. The molecule has 0 saturated carbocycles. The smallest absolute Gasteiger partial charge is 0.191 e. The van der Waals surface area contributed by atoms with Crippen LogP contribution >= 0.6 is 35.7 Å². The van der Waals surface area contributed by atoms with Crippen LogP contribution in [-0.4, -0.2) is 54.6 Å². The molecular formula is C19H31IN4S. The zero-order valence-corrected chi connectivity index (χ0v) is 18.3. The van der Waals surface area contributed by atoms with Crippen molar-refractivity contribution in [2.75, 3.05) is 32.4 Å². The standard InChI is InChI=1S/C19H30N4S.HI/c1-20-19(22-14-18-10-6-12-24-18)21-13-17-9-5-11-23(17)15-16-7-3-2-4-8-16;/h2-4,7-8,17-18H,5-6,9-15H2,1H3,(H2,20,21,22);1H. The van der Waals surface area contributed by atoms with Crippen molar-refractivity contribution in [1.29, 1.82) is 0 Å². The Morgan fingerprint density at radius 1 is 1.16 bits per heavy atom. The lowest BCUT2D eigenvalue weighted by molar-refractivity contribution is 0.245. The molecule has 3 rings (SSSR count). The topological polar surface area (TPSA) is 39.7 Å². The maximum Gasteiger partial charge on any atom is 0.191 e. The summed E-state index contributed by atoms with van der Waals surface area (Å²) in [7, 11) is 1.87. The first kappa shape index (κ1) is 20.8. The molecular weight excluding hydrogens is 443 g/mol. The molecule has 2 unspecified atom stereocenters. The minimum absolute atomic E-state index is 0. The van der Waals surface area contributed by atoms with Crippen molar-refractivity contribution in [3.8, 4) is 0 Å². The van der Waals surface area contributed by atoms with Crippen molar-refractivity contribution >= 4 is 41.7 Å². The Kier molecular flexibility index (Phi) is 9.41. The number of guanidine groups is 1. The number of thioether (sulfide) groups is 1. The second kappa shape index (κ2) is 11.3.